The summed E-state index contributed by atoms with van der Waals surface area (Å²) in [6.07, 6.45) is 1.68. The molecule has 0 unspecified atom stereocenters. The van der Waals surface area contributed by atoms with Gasteiger partial charge in [0.05, 0.1) is 5.39 Å². The van der Waals surface area contributed by atoms with Crippen molar-refractivity contribution in [1.82, 2.24) is 25.2 Å². The first-order valence-corrected chi connectivity index (χ1v) is 12.5. The van der Waals surface area contributed by atoms with E-state index in [1.807, 2.05) is 39.0 Å². The van der Waals surface area contributed by atoms with Crippen LogP contribution in [0, 0.1) is 0 Å². The quantitative estimate of drug-likeness (QED) is 0.336. The summed E-state index contributed by atoms with van der Waals surface area (Å²) in [7, 11) is 0. The standard InChI is InChI=1S/C27H27Cl2N5O2/c1-4-30-13-17-8-19(11-22(29)9-17)20-12-23-25(31-14-20)33-26(18-6-5-7-21(28)10-18)34(27(23)36)15-24(35)32-16(2)3/h5-12,14,16,30H,4,13,15H2,1-3H3,(H,32,35). The summed E-state index contributed by atoms with van der Waals surface area (Å²) in [5.41, 5.74) is 3.14. The van der Waals surface area contributed by atoms with Crippen LogP contribution in [-0.2, 0) is 17.9 Å². The Kier molecular flexibility index (Phi) is 8.04. The van der Waals surface area contributed by atoms with Crippen LogP contribution >= 0.6 is 23.2 Å². The van der Waals surface area contributed by atoms with Crippen LogP contribution in [0.3, 0.4) is 0 Å². The van der Waals surface area contributed by atoms with E-state index in [4.69, 9.17) is 23.2 Å². The van der Waals surface area contributed by atoms with Crippen molar-refractivity contribution in [3.8, 4) is 22.5 Å². The molecule has 0 radical (unpaired) electrons. The molecule has 36 heavy (non-hydrogen) atoms. The zero-order chi connectivity index (χ0) is 25.8. The minimum atomic E-state index is -0.363. The zero-order valence-corrected chi connectivity index (χ0v) is 21.8. The van der Waals surface area contributed by atoms with Crippen LogP contribution in [0.25, 0.3) is 33.5 Å². The van der Waals surface area contributed by atoms with Crippen LogP contribution < -0.4 is 16.2 Å². The van der Waals surface area contributed by atoms with Crippen LogP contribution in [0.2, 0.25) is 10.0 Å². The zero-order valence-electron chi connectivity index (χ0n) is 20.3. The number of fused-ring (bicyclic) bond motifs is 1. The van der Waals surface area contributed by atoms with Crippen LogP contribution in [0.1, 0.15) is 26.3 Å². The van der Waals surface area contributed by atoms with E-state index >= 15 is 0 Å². The highest BCUT2D eigenvalue weighted by molar-refractivity contribution is 6.31. The van der Waals surface area contributed by atoms with E-state index in [0.717, 1.165) is 23.2 Å². The number of amides is 1. The van der Waals surface area contributed by atoms with Gasteiger partial charge in [0.25, 0.3) is 5.56 Å². The number of pyridine rings is 1. The molecule has 0 aliphatic carbocycles. The first kappa shape index (κ1) is 25.8. The van der Waals surface area contributed by atoms with Crippen molar-refractivity contribution in [1.29, 1.82) is 0 Å². The molecule has 0 fully saturated rings. The van der Waals surface area contributed by atoms with Gasteiger partial charge >= 0.3 is 0 Å². The van der Waals surface area contributed by atoms with Gasteiger partial charge in [-0.1, -0.05) is 42.3 Å². The Hall–Kier alpha value is -3.26. The smallest absolute Gasteiger partial charge is 0.263 e. The van der Waals surface area contributed by atoms with Crippen LogP contribution in [-0.4, -0.2) is 33.0 Å². The Labute approximate surface area is 219 Å². The van der Waals surface area contributed by atoms with E-state index in [0.29, 0.717) is 33.4 Å². The van der Waals surface area contributed by atoms with E-state index in [1.54, 1.807) is 36.5 Å². The topological polar surface area (TPSA) is 88.9 Å². The number of carbonyl (C=O) groups is 1. The third kappa shape index (κ3) is 5.93. The molecule has 0 saturated carbocycles. The molecule has 4 aromatic rings. The molecule has 2 N–H and O–H groups in total. The van der Waals surface area contributed by atoms with Crippen molar-refractivity contribution in [2.45, 2.75) is 39.9 Å². The number of aromatic nitrogens is 3. The fourth-order valence-corrected chi connectivity index (χ4v) is 4.41. The highest BCUT2D eigenvalue weighted by Gasteiger charge is 2.18. The summed E-state index contributed by atoms with van der Waals surface area (Å²) in [6.45, 7) is 7.09. The second-order valence-electron chi connectivity index (χ2n) is 8.78. The largest absolute Gasteiger partial charge is 0.352 e. The van der Waals surface area contributed by atoms with Crippen LogP contribution in [0.4, 0.5) is 0 Å². The predicted molar refractivity (Wildman–Crippen MR) is 145 cm³/mol. The Balaban J connectivity index is 1.87. The van der Waals surface area contributed by atoms with E-state index in [9.17, 15) is 9.59 Å². The number of benzene rings is 2. The monoisotopic (exact) mass is 523 g/mol. The number of halogens is 2. The molecule has 186 valence electrons. The molecule has 0 aliphatic rings. The van der Waals surface area contributed by atoms with Gasteiger partial charge < -0.3 is 10.6 Å². The molecule has 0 saturated heterocycles. The molecular weight excluding hydrogens is 497 g/mol. The molecule has 0 aliphatic heterocycles. The Morgan fingerprint density at radius 2 is 1.81 bits per heavy atom. The fourth-order valence-electron chi connectivity index (χ4n) is 3.96. The second-order valence-corrected chi connectivity index (χ2v) is 9.66. The van der Waals surface area contributed by atoms with E-state index in [1.165, 1.54) is 4.57 Å². The lowest BCUT2D eigenvalue weighted by Gasteiger charge is -2.15. The van der Waals surface area contributed by atoms with Crippen molar-refractivity contribution in [3.05, 3.63) is 80.7 Å². The van der Waals surface area contributed by atoms with Crippen molar-refractivity contribution >= 4 is 40.1 Å². The van der Waals surface area contributed by atoms with E-state index < -0.39 is 0 Å². The minimum absolute atomic E-state index is 0.0660. The molecule has 0 bridgehead atoms. The Morgan fingerprint density at radius 3 is 2.53 bits per heavy atom. The van der Waals surface area contributed by atoms with Crippen molar-refractivity contribution < 1.29 is 4.79 Å². The lowest BCUT2D eigenvalue weighted by atomic mass is 10.0. The maximum absolute atomic E-state index is 13.7. The van der Waals surface area contributed by atoms with Crippen LogP contribution in [0.5, 0.6) is 0 Å². The van der Waals surface area contributed by atoms with Crippen molar-refractivity contribution in [2.75, 3.05) is 6.54 Å². The maximum Gasteiger partial charge on any atom is 0.263 e. The predicted octanol–water partition coefficient (Wildman–Crippen LogP) is 5.07. The van der Waals surface area contributed by atoms with E-state index in [2.05, 4.69) is 20.6 Å². The number of nitrogens with zero attached hydrogens (tertiary/aromatic N) is 3. The summed E-state index contributed by atoms with van der Waals surface area (Å²) in [4.78, 5) is 35.5. The molecule has 0 atom stereocenters. The van der Waals surface area contributed by atoms with Gasteiger partial charge in [-0.25, -0.2) is 9.97 Å². The third-order valence-corrected chi connectivity index (χ3v) is 5.97. The highest BCUT2D eigenvalue weighted by Crippen LogP contribution is 2.27. The average molecular weight is 524 g/mol. The number of hydrogen-bond acceptors (Lipinski definition) is 5. The second kappa shape index (κ2) is 11.2. The summed E-state index contributed by atoms with van der Waals surface area (Å²) in [5.74, 6) is 0.0355. The molecule has 0 spiro atoms. The molecular formula is C27H27Cl2N5O2. The average Bonchev–Trinajstić information content (AvgIpc) is 2.83. The van der Waals surface area contributed by atoms with Crippen molar-refractivity contribution in [3.63, 3.8) is 0 Å². The number of hydrogen-bond donors (Lipinski definition) is 2. The minimum Gasteiger partial charge on any atom is -0.352 e. The summed E-state index contributed by atoms with van der Waals surface area (Å²) in [6, 6.07) is 14.4. The molecule has 9 heteroatoms. The SMILES string of the molecule is CCNCc1cc(Cl)cc(-c2cnc3nc(-c4cccc(Cl)c4)n(CC(=O)NC(C)C)c(=O)c3c2)c1. The first-order chi connectivity index (χ1) is 17.2. The molecule has 2 heterocycles. The first-order valence-electron chi connectivity index (χ1n) is 11.7. The molecule has 2 aromatic carbocycles. The lowest BCUT2D eigenvalue weighted by molar-refractivity contribution is -0.122. The Bertz CT molecular complexity index is 1480. The van der Waals surface area contributed by atoms with Gasteiger partial charge in [0.2, 0.25) is 5.91 Å². The van der Waals surface area contributed by atoms with Gasteiger partial charge in [0.15, 0.2) is 5.65 Å². The summed E-state index contributed by atoms with van der Waals surface area (Å²) >= 11 is 12.6. The van der Waals surface area contributed by atoms with Gasteiger partial charge in [-0.2, -0.15) is 0 Å². The molecule has 1 amide bonds. The fraction of sp³-hybridized carbons (Fsp3) is 0.259. The van der Waals surface area contributed by atoms with E-state index in [-0.39, 0.29) is 29.7 Å². The van der Waals surface area contributed by atoms with Gasteiger partial charge in [-0.05, 0) is 67.9 Å². The number of nitrogens with one attached hydrogen (secondary N) is 2. The van der Waals surface area contributed by atoms with Crippen molar-refractivity contribution in [2.24, 2.45) is 0 Å². The van der Waals surface area contributed by atoms with Gasteiger partial charge in [0, 0.05) is 40.0 Å². The summed E-state index contributed by atoms with van der Waals surface area (Å²) in [5, 5.41) is 7.53. The molecule has 7 nitrogen and oxygen atoms in total. The van der Waals surface area contributed by atoms with Crippen LogP contribution in [0.15, 0.2) is 59.5 Å². The molecule has 2 aromatic heterocycles. The van der Waals surface area contributed by atoms with Gasteiger partial charge in [-0.3, -0.25) is 14.2 Å². The third-order valence-electron chi connectivity index (χ3n) is 5.51. The highest BCUT2D eigenvalue weighted by atomic mass is 35.5. The number of carbonyl (C=O) groups excluding carboxylic acids is 1. The maximum atomic E-state index is 13.7. The molecule has 4 rings (SSSR count). The summed E-state index contributed by atoms with van der Waals surface area (Å²) < 4.78 is 1.37. The Morgan fingerprint density at radius 1 is 1.03 bits per heavy atom. The van der Waals surface area contributed by atoms with Gasteiger partial charge in [-0.15, -0.1) is 0 Å². The normalized spacial score (nSPS) is 11.3. The number of rotatable bonds is 8. The van der Waals surface area contributed by atoms with Gasteiger partial charge in [0.1, 0.15) is 12.4 Å². The lowest BCUT2D eigenvalue weighted by Crippen LogP contribution is -2.37.